The molecule has 0 aromatic carbocycles. The fraction of sp³-hybridized carbons (Fsp3) is 1.00. The van der Waals surface area contributed by atoms with Crippen LogP contribution in [0, 0.1) is 0 Å². The summed E-state index contributed by atoms with van der Waals surface area (Å²) < 4.78 is 28.7. The highest BCUT2D eigenvalue weighted by Crippen LogP contribution is 2.21. The summed E-state index contributed by atoms with van der Waals surface area (Å²) in [6.07, 6.45) is 16.6. The molecule has 1 aliphatic rings. The molecule has 140 valence electrons. The Bertz CT molecular complexity index is 354. The lowest BCUT2D eigenvalue weighted by Gasteiger charge is -2.42. The summed E-state index contributed by atoms with van der Waals surface area (Å²) in [6.45, 7) is 10.5. The van der Waals surface area contributed by atoms with Crippen LogP contribution in [0.4, 0.5) is 0 Å². The number of hydrogen-bond donors (Lipinski definition) is 0. The fourth-order valence-corrected chi connectivity index (χ4v) is 3.46. The Labute approximate surface area is 145 Å². The largest absolute Gasteiger partial charge is 0.748 e. The van der Waals surface area contributed by atoms with Gasteiger partial charge in [-0.3, -0.25) is 0 Å². The van der Waals surface area contributed by atoms with Crippen molar-refractivity contribution in [3.05, 3.63) is 0 Å². The lowest BCUT2D eigenvalue weighted by molar-refractivity contribution is -0.932. The molecule has 0 aromatic heterocycles. The minimum atomic E-state index is -3.92. The van der Waals surface area contributed by atoms with E-state index in [1.165, 1.54) is 101 Å². The molecule has 0 atom stereocenters. The highest BCUT2D eigenvalue weighted by atomic mass is 32.2. The van der Waals surface area contributed by atoms with Gasteiger partial charge in [0.25, 0.3) is 0 Å². The molecular formula is C18H39NO3S. The van der Waals surface area contributed by atoms with Crippen LogP contribution in [0.1, 0.15) is 84.5 Å². The van der Waals surface area contributed by atoms with E-state index in [-0.39, 0.29) is 0 Å². The van der Waals surface area contributed by atoms with Crippen LogP contribution in [0.2, 0.25) is 0 Å². The highest BCUT2D eigenvalue weighted by Gasteiger charge is 2.28. The van der Waals surface area contributed by atoms with E-state index >= 15 is 0 Å². The molecule has 0 spiro atoms. The minimum absolute atomic E-state index is 0.604. The second-order valence-electron chi connectivity index (χ2n) is 7.12. The SMILES string of the molecule is CCCCCCCC[N+]1(CCCC)CCCCC1.CS(=O)(=O)[O-]. The Morgan fingerprint density at radius 3 is 1.74 bits per heavy atom. The molecule has 0 saturated carbocycles. The lowest BCUT2D eigenvalue weighted by atomic mass is 10.0. The lowest BCUT2D eigenvalue weighted by Crippen LogP contribution is -2.52. The smallest absolute Gasteiger partial charge is 0.0916 e. The number of rotatable bonds is 10. The molecule has 0 aromatic rings. The molecule has 0 amide bonds. The molecule has 1 aliphatic heterocycles. The van der Waals surface area contributed by atoms with Gasteiger partial charge >= 0.3 is 0 Å². The number of quaternary nitrogens is 1. The first-order valence-electron chi connectivity index (χ1n) is 9.59. The Morgan fingerprint density at radius 1 is 0.783 bits per heavy atom. The van der Waals surface area contributed by atoms with Gasteiger partial charge in [0.2, 0.25) is 0 Å². The Balaban J connectivity index is 0.000000841. The Hall–Kier alpha value is -0.130. The summed E-state index contributed by atoms with van der Waals surface area (Å²) in [5.74, 6) is 0. The van der Waals surface area contributed by atoms with Crippen LogP contribution in [0.3, 0.4) is 0 Å². The summed E-state index contributed by atoms with van der Waals surface area (Å²) in [5.41, 5.74) is 0. The normalized spacial score (nSPS) is 17.4. The van der Waals surface area contributed by atoms with E-state index in [2.05, 4.69) is 13.8 Å². The van der Waals surface area contributed by atoms with Gasteiger partial charge in [0.05, 0.1) is 36.3 Å². The van der Waals surface area contributed by atoms with Crippen molar-refractivity contribution in [2.75, 3.05) is 32.4 Å². The first-order chi connectivity index (χ1) is 10.8. The Kier molecular flexibility index (Phi) is 13.1. The van der Waals surface area contributed by atoms with Crippen molar-refractivity contribution in [2.24, 2.45) is 0 Å². The maximum atomic E-state index is 9.08. The average Bonchev–Trinajstić information content (AvgIpc) is 2.48. The quantitative estimate of drug-likeness (QED) is 0.335. The molecule has 1 heterocycles. The predicted molar refractivity (Wildman–Crippen MR) is 97.5 cm³/mol. The molecule has 23 heavy (non-hydrogen) atoms. The average molecular weight is 350 g/mol. The van der Waals surface area contributed by atoms with E-state index in [1.54, 1.807) is 0 Å². The summed E-state index contributed by atoms with van der Waals surface area (Å²) in [4.78, 5) is 0. The number of nitrogens with zero attached hydrogens (tertiary/aromatic N) is 1. The first kappa shape index (κ1) is 22.9. The number of likely N-dealkylation sites (tertiary alicyclic amines) is 1. The molecule has 5 heteroatoms. The zero-order chi connectivity index (χ0) is 17.6. The van der Waals surface area contributed by atoms with Crippen LogP contribution < -0.4 is 0 Å². The van der Waals surface area contributed by atoms with Gasteiger partial charge in [0.15, 0.2) is 0 Å². The van der Waals surface area contributed by atoms with Gasteiger partial charge in [-0.2, -0.15) is 0 Å². The van der Waals surface area contributed by atoms with Crippen molar-refractivity contribution >= 4 is 10.1 Å². The predicted octanol–water partition coefficient (Wildman–Crippen LogP) is 4.31. The van der Waals surface area contributed by atoms with Gasteiger partial charge in [-0.1, -0.05) is 46.0 Å². The standard InChI is InChI=1S/C17H36N.CH4O3S/c1-3-5-7-8-9-11-15-18(14-6-4-2)16-12-10-13-17-18;1-5(2,3)4/h3-17H2,1-2H3;1H3,(H,2,3,4)/q+1;/p-1. The highest BCUT2D eigenvalue weighted by molar-refractivity contribution is 7.84. The van der Waals surface area contributed by atoms with Gasteiger partial charge in [-0.15, -0.1) is 0 Å². The number of hydrogen-bond acceptors (Lipinski definition) is 3. The summed E-state index contributed by atoms with van der Waals surface area (Å²) in [6, 6.07) is 0. The molecular weight excluding hydrogens is 310 g/mol. The van der Waals surface area contributed by atoms with Gasteiger partial charge < -0.3 is 9.04 Å². The molecule has 0 N–H and O–H groups in total. The van der Waals surface area contributed by atoms with Crippen LogP contribution in [-0.4, -0.2) is 49.9 Å². The zero-order valence-electron chi connectivity index (χ0n) is 15.7. The summed E-state index contributed by atoms with van der Waals surface area (Å²) >= 11 is 0. The zero-order valence-corrected chi connectivity index (χ0v) is 16.5. The van der Waals surface area contributed by atoms with Crippen molar-refractivity contribution in [3.8, 4) is 0 Å². The second kappa shape index (κ2) is 13.2. The molecule has 0 bridgehead atoms. The fourth-order valence-electron chi connectivity index (χ4n) is 3.46. The molecule has 4 nitrogen and oxygen atoms in total. The molecule has 1 saturated heterocycles. The molecule has 0 unspecified atom stereocenters. The van der Waals surface area contributed by atoms with Crippen molar-refractivity contribution in [1.82, 2.24) is 0 Å². The monoisotopic (exact) mass is 349 g/mol. The Morgan fingerprint density at radius 2 is 1.22 bits per heavy atom. The number of unbranched alkanes of at least 4 members (excludes halogenated alkanes) is 6. The molecule has 1 rings (SSSR count). The van der Waals surface area contributed by atoms with Crippen molar-refractivity contribution in [1.29, 1.82) is 0 Å². The van der Waals surface area contributed by atoms with E-state index < -0.39 is 10.1 Å². The van der Waals surface area contributed by atoms with Crippen LogP contribution in [0.25, 0.3) is 0 Å². The first-order valence-corrected chi connectivity index (χ1v) is 11.4. The van der Waals surface area contributed by atoms with E-state index in [1.807, 2.05) is 0 Å². The van der Waals surface area contributed by atoms with Crippen molar-refractivity contribution in [3.63, 3.8) is 0 Å². The van der Waals surface area contributed by atoms with Crippen LogP contribution in [0.5, 0.6) is 0 Å². The third-order valence-corrected chi connectivity index (χ3v) is 4.74. The topological polar surface area (TPSA) is 57.2 Å². The maximum Gasteiger partial charge on any atom is 0.0916 e. The number of piperidine rings is 1. The van der Waals surface area contributed by atoms with Gasteiger partial charge in [0.1, 0.15) is 0 Å². The van der Waals surface area contributed by atoms with Crippen molar-refractivity contribution in [2.45, 2.75) is 84.5 Å². The van der Waals surface area contributed by atoms with E-state index in [9.17, 15) is 0 Å². The summed E-state index contributed by atoms with van der Waals surface area (Å²) in [5, 5.41) is 0. The summed E-state index contributed by atoms with van der Waals surface area (Å²) in [7, 11) is -3.92. The molecule has 0 radical (unpaired) electrons. The van der Waals surface area contributed by atoms with Gasteiger partial charge in [-0.25, -0.2) is 8.42 Å². The minimum Gasteiger partial charge on any atom is -0.748 e. The van der Waals surface area contributed by atoms with Crippen LogP contribution in [0.15, 0.2) is 0 Å². The third-order valence-electron chi connectivity index (χ3n) is 4.74. The van der Waals surface area contributed by atoms with Crippen LogP contribution >= 0.6 is 0 Å². The van der Waals surface area contributed by atoms with Crippen LogP contribution in [-0.2, 0) is 10.1 Å². The van der Waals surface area contributed by atoms with E-state index in [0.29, 0.717) is 6.26 Å². The molecule has 1 fully saturated rings. The van der Waals surface area contributed by atoms with Crippen molar-refractivity contribution < 1.29 is 17.5 Å². The third kappa shape index (κ3) is 15.2. The molecule has 0 aliphatic carbocycles. The van der Waals surface area contributed by atoms with Gasteiger partial charge in [-0.05, 0) is 38.5 Å². The van der Waals surface area contributed by atoms with E-state index in [4.69, 9.17) is 13.0 Å². The van der Waals surface area contributed by atoms with Gasteiger partial charge in [0, 0.05) is 6.26 Å². The second-order valence-corrected chi connectivity index (χ2v) is 8.53. The van der Waals surface area contributed by atoms with E-state index in [0.717, 1.165) is 0 Å². The maximum absolute atomic E-state index is 9.08.